The number of hydrogen-bond acceptors (Lipinski definition) is 3. The minimum absolute atomic E-state index is 0.282. The van der Waals surface area contributed by atoms with Crippen molar-refractivity contribution < 1.29 is 9.63 Å². The highest BCUT2D eigenvalue weighted by Gasteiger charge is 2.07. The average molecular weight is 363 g/mol. The number of para-hydroxylation sites is 1. The van der Waals surface area contributed by atoms with Crippen molar-refractivity contribution in [2.24, 2.45) is 0 Å². The van der Waals surface area contributed by atoms with Crippen molar-refractivity contribution in [2.45, 2.75) is 19.9 Å². The summed E-state index contributed by atoms with van der Waals surface area (Å²) in [6, 6.07) is 16.6. The molecule has 0 aliphatic rings. The van der Waals surface area contributed by atoms with Crippen molar-refractivity contribution in [2.75, 3.05) is 13.7 Å². The van der Waals surface area contributed by atoms with Gasteiger partial charge in [-0.1, -0.05) is 42.5 Å². The Balaban J connectivity index is 1.49. The van der Waals surface area contributed by atoms with Gasteiger partial charge in [0, 0.05) is 29.2 Å². The van der Waals surface area contributed by atoms with Crippen molar-refractivity contribution in [3.05, 3.63) is 77.0 Å². The third-order valence-corrected chi connectivity index (χ3v) is 4.52. The van der Waals surface area contributed by atoms with Crippen LogP contribution in [0.25, 0.3) is 17.0 Å². The van der Waals surface area contributed by atoms with Gasteiger partial charge in [0.25, 0.3) is 5.91 Å². The predicted molar refractivity (Wildman–Crippen MR) is 109 cm³/mol. The number of benzene rings is 2. The molecule has 5 heteroatoms. The molecule has 0 saturated carbocycles. The Labute approximate surface area is 159 Å². The lowest BCUT2D eigenvalue weighted by molar-refractivity contribution is -0.126. The largest absolute Gasteiger partial charge is 0.358 e. The standard InChI is InChI=1S/C22H25N3O2/c1-16-19(20-5-3-4-6-21(20)24-16)13-14-23-15-18-9-7-17(8-10-18)11-12-22(26)25-27-2/h3-12,23-24H,13-15H2,1-2H3,(H,25,26). The second-order valence-electron chi connectivity index (χ2n) is 6.45. The number of hydroxylamine groups is 1. The van der Waals surface area contributed by atoms with Crippen LogP contribution in [0.5, 0.6) is 0 Å². The maximum atomic E-state index is 11.3. The van der Waals surface area contributed by atoms with E-state index in [0.29, 0.717) is 0 Å². The first-order chi connectivity index (χ1) is 13.2. The molecule has 0 radical (unpaired) electrons. The molecule has 3 aromatic rings. The van der Waals surface area contributed by atoms with E-state index < -0.39 is 0 Å². The highest BCUT2D eigenvalue weighted by Crippen LogP contribution is 2.21. The molecule has 0 fully saturated rings. The summed E-state index contributed by atoms with van der Waals surface area (Å²) in [6.07, 6.45) is 4.19. The minimum Gasteiger partial charge on any atom is -0.358 e. The van der Waals surface area contributed by atoms with Crippen LogP contribution in [0.15, 0.2) is 54.6 Å². The highest BCUT2D eigenvalue weighted by atomic mass is 16.6. The van der Waals surface area contributed by atoms with E-state index in [-0.39, 0.29) is 5.91 Å². The number of carbonyl (C=O) groups excluding carboxylic acids is 1. The molecular formula is C22H25N3O2. The van der Waals surface area contributed by atoms with Gasteiger partial charge >= 0.3 is 0 Å². The molecule has 0 bridgehead atoms. The quantitative estimate of drug-likeness (QED) is 0.326. The fourth-order valence-corrected chi connectivity index (χ4v) is 3.16. The number of aryl methyl sites for hydroxylation is 1. The summed E-state index contributed by atoms with van der Waals surface area (Å²) in [4.78, 5) is 19.3. The van der Waals surface area contributed by atoms with Crippen molar-refractivity contribution in [1.82, 2.24) is 15.8 Å². The van der Waals surface area contributed by atoms with Crippen LogP contribution in [0.1, 0.15) is 22.4 Å². The Morgan fingerprint density at radius 1 is 1.15 bits per heavy atom. The maximum Gasteiger partial charge on any atom is 0.267 e. The fraction of sp³-hybridized carbons (Fsp3) is 0.227. The molecule has 140 valence electrons. The van der Waals surface area contributed by atoms with E-state index >= 15 is 0 Å². The molecule has 27 heavy (non-hydrogen) atoms. The zero-order chi connectivity index (χ0) is 19.1. The molecule has 1 aromatic heterocycles. The summed E-state index contributed by atoms with van der Waals surface area (Å²) in [6.45, 7) is 3.87. The van der Waals surface area contributed by atoms with Gasteiger partial charge in [-0.2, -0.15) is 0 Å². The third kappa shape index (κ3) is 5.06. The number of carbonyl (C=O) groups is 1. The predicted octanol–water partition coefficient (Wildman–Crippen LogP) is 3.50. The SMILES string of the molecule is CONC(=O)C=Cc1ccc(CNCCc2c(C)[nH]c3ccccc23)cc1. The number of rotatable bonds is 8. The Hall–Kier alpha value is -2.89. The van der Waals surface area contributed by atoms with Crippen LogP contribution in [0.3, 0.4) is 0 Å². The zero-order valence-corrected chi connectivity index (χ0v) is 15.7. The van der Waals surface area contributed by atoms with Crippen molar-refractivity contribution >= 4 is 22.9 Å². The average Bonchev–Trinajstić information content (AvgIpc) is 3.00. The van der Waals surface area contributed by atoms with Crippen LogP contribution in [0, 0.1) is 6.92 Å². The molecule has 0 atom stereocenters. The van der Waals surface area contributed by atoms with Crippen molar-refractivity contribution in [3.63, 3.8) is 0 Å². The topological polar surface area (TPSA) is 66.2 Å². The summed E-state index contributed by atoms with van der Waals surface area (Å²) < 4.78 is 0. The van der Waals surface area contributed by atoms with Crippen LogP contribution in [-0.2, 0) is 22.6 Å². The number of fused-ring (bicyclic) bond motifs is 1. The lowest BCUT2D eigenvalue weighted by Gasteiger charge is -2.06. The molecule has 0 spiro atoms. The van der Waals surface area contributed by atoms with Gasteiger partial charge in [0.1, 0.15) is 0 Å². The summed E-state index contributed by atoms with van der Waals surface area (Å²) in [5.41, 5.74) is 8.26. The number of amides is 1. The lowest BCUT2D eigenvalue weighted by Crippen LogP contribution is -2.18. The van der Waals surface area contributed by atoms with E-state index in [0.717, 1.165) is 25.1 Å². The molecular weight excluding hydrogens is 338 g/mol. The number of aromatic nitrogens is 1. The molecule has 0 unspecified atom stereocenters. The first kappa shape index (κ1) is 18.9. The second-order valence-corrected chi connectivity index (χ2v) is 6.45. The van der Waals surface area contributed by atoms with Crippen LogP contribution in [0.4, 0.5) is 0 Å². The smallest absolute Gasteiger partial charge is 0.267 e. The van der Waals surface area contributed by atoms with E-state index in [1.807, 2.05) is 12.1 Å². The Morgan fingerprint density at radius 3 is 2.70 bits per heavy atom. The summed E-state index contributed by atoms with van der Waals surface area (Å²) >= 11 is 0. The van der Waals surface area contributed by atoms with Gasteiger partial charge in [-0.15, -0.1) is 0 Å². The second kappa shape index (κ2) is 9.16. The van der Waals surface area contributed by atoms with Crippen LogP contribution in [0.2, 0.25) is 0 Å². The molecule has 0 aliphatic heterocycles. The Morgan fingerprint density at radius 2 is 1.93 bits per heavy atom. The van der Waals surface area contributed by atoms with E-state index in [9.17, 15) is 4.79 Å². The van der Waals surface area contributed by atoms with Crippen LogP contribution < -0.4 is 10.8 Å². The van der Waals surface area contributed by atoms with Gasteiger partial charge in [0.15, 0.2) is 0 Å². The van der Waals surface area contributed by atoms with Crippen molar-refractivity contribution in [3.8, 4) is 0 Å². The molecule has 5 nitrogen and oxygen atoms in total. The Kier molecular flexibility index (Phi) is 6.41. The maximum absolute atomic E-state index is 11.3. The highest BCUT2D eigenvalue weighted by molar-refractivity contribution is 5.90. The summed E-state index contributed by atoms with van der Waals surface area (Å²) in [5.74, 6) is -0.282. The fourth-order valence-electron chi connectivity index (χ4n) is 3.16. The molecule has 3 rings (SSSR count). The van der Waals surface area contributed by atoms with E-state index in [2.05, 4.69) is 63.9 Å². The first-order valence-electron chi connectivity index (χ1n) is 9.04. The summed E-state index contributed by atoms with van der Waals surface area (Å²) in [7, 11) is 1.41. The van der Waals surface area contributed by atoms with Gasteiger partial charge in [-0.3, -0.25) is 9.63 Å². The molecule has 0 saturated heterocycles. The number of aromatic amines is 1. The molecule has 1 amide bonds. The van der Waals surface area contributed by atoms with Gasteiger partial charge in [-0.05, 0) is 48.7 Å². The van der Waals surface area contributed by atoms with E-state index in [1.165, 1.54) is 40.9 Å². The van der Waals surface area contributed by atoms with Gasteiger partial charge in [0.2, 0.25) is 0 Å². The lowest BCUT2D eigenvalue weighted by atomic mass is 10.1. The molecule has 2 aromatic carbocycles. The normalized spacial score (nSPS) is 11.3. The Bertz CT molecular complexity index is 926. The van der Waals surface area contributed by atoms with E-state index in [1.54, 1.807) is 6.08 Å². The minimum atomic E-state index is -0.282. The molecule has 1 heterocycles. The van der Waals surface area contributed by atoms with Gasteiger partial charge in [-0.25, -0.2) is 5.48 Å². The third-order valence-electron chi connectivity index (χ3n) is 4.52. The van der Waals surface area contributed by atoms with Crippen LogP contribution in [-0.4, -0.2) is 24.5 Å². The van der Waals surface area contributed by atoms with Crippen LogP contribution >= 0.6 is 0 Å². The molecule has 0 aliphatic carbocycles. The summed E-state index contributed by atoms with van der Waals surface area (Å²) in [5, 5.41) is 4.82. The zero-order valence-electron chi connectivity index (χ0n) is 15.7. The number of hydrogen-bond donors (Lipinski definition) is 3. The first-order valence-corrected chi connectivity index (χ1v) is 9.04. The monoisotopic (exact) mass is 363 g/mol. The molecule has 3 N–H and O–H groups in total. The number of nitrogens with one attached hydrogen (secondary N) is 3. The van der Waals surface area contributed by atoms with E-state index in [4.69, 9.17) is 0 Å². The number of H-pyrrole nitrogens is 1. The van der Waals surface area contributed by atoms with Gasteiger partial charge in [0.05, 0.1) is 7.11 Å². The van der Waals surface area contributed by atoms with Gasteiger partial charge < -0.3 is 10.3 Å². The van der Waals surface area contributed by atoms with Crippen molar-refractivity contribution in [1.29, 1.82) is 0 Å².